The molecule has 0 aliphatic carbocycles. The van der Waals surface area contributed by atoms with Crippen LogP contribution < -0.4 is 9.47 Å². The Labute approximate surface area is 194 Å². The molecule has 5 heteroatoms. The number of fused-ring (bicyclic) bond motifs is 1. The zero-order chi connectivity index (χ0) is 23.5. The summed E-state index contributed by atoms with van der Waals surface area (Å²) in [6, 6.07) is 21.6. The molecule has 0 N–H and O–H groups in total. The number of benzene rings is 3. The normalized spacial score (nSPS) is 10.8. The maximum atomic E-state index is 13.6. The van der Waals surface area contributed by atoms with Gasteiger partial charge in [0.15, 0.2) is 11.5 Å². The standard InChI is InChI=1S/C28H28N2O3/c1-18-10-11-21(19(2)14-18)17-30(3)28(31)23-16-25(29-24-9-7-6-8-22(23)24)20-12-13-26(32-4)27(15-20)33-5/h6-16H,17H2,1-5H3. The first kappa shape index (κ1) is 22.3. The molecule has 0 fully saturated rings. The number of hydrogen-bond acceptors (Lipinski definition) is 4. The van der Waals surface area contributed by atoms with Gasteiger partial charge in [0.2, 0.25) is 0 Å². The number of carbonyl (C=O) groups is 1. The van der Waals surface area contributed by atoms with Gasteiger partial charge in [0.25, 0.3) is 5.91 Å². The highest BCUT2D eigenvalue weighted by Crippen LogP contribution is 2.33. The molecule has 4 rings (SSSR count). The van der Waals surface area contributed by atoms with E-state index in [-0.39, 0.29) is 5.91 Å². The number of hydrogen-bond donors (Lipinski definition) is 0. The summed E-state index contributed by atoms with van der Waals surface area (Å²) < 4.78 is 10.8. The summed E-state index contributed by atoms with van der Waals surface area (Å²) in [6.45, 7) is 4.69. The van der Waals surface area contributed by atoms with Crippen LogP contribution in [-0.2, 0) is 6.54 Å². The lowest BCUT2D eigenvalue weighted by Gasteiger charge is -2.20. The van der Waals surface area contributed by atoms with E-state index in [0.717, 1.165) is 22.0 Å². The van der Waals surface area contributed by atoms with E-state index in [9.17, 15) is 4.79 Å². The number of pyridine rings is 1. The number of aromatic nitrogens is 1. The molecule has 0 saturated heterocycles. The largest absolute Gasteiger partial charge is 0.493 e. The van der Waals surface area contributed by atoms with Crippen molar-refractivity contribution in [2.75, 3.05) is 21.3 Å². The van der Waals surface area contributed by atoms with Gasteiger partial charge in [0.1, 0.15) is 0 Å². The number of para-hydroxylation sites is 1. The number of methoxy groups -OCH3 is 2. The van der Waals surface area contributed by atoms with Crippen molar-refractivity contribution in [2.24, 2.45) is 0 Å². The van der Waals surface area contributed by atoms with E-state index in [1.807, 2.05) is 55.6 Å². The molecule has 3 aromatic carbocycles. The Hall–Kier alpha value is -3.86. The van der Waals surface area contributed by atoms with Crippen LogP contribution in [-0.4, -0.2) is 37.1 Å². The smallest absolute Gasteiger partial charge is 0.254 e. The number of ether oxygens (including phenoxy) is 2. The topological polar surface area (TPSA) is 51.7 Å². The van der Waals surface area contributed by atoms with Gasteiger partial charge in [-0.05, 0) is 55.3 Å². The van der Waals surface area contributed by atoms with Crippen LogP contribution in [0.2, 0.25) is 0 Å². The molecular formula is C28H28N2O3. The third kappa shape index (κ3) is 4.53. The predicted octanol–water partition coefficient (Wildman–Crippen LogP) is 5.81. The summed E-state index contributed by atoms with van der Waals surface area (Å²) in [7, 11) is 5.05. The van der Waals surface area contributed by atoms with Gasteiger partial charge in [-0.15, -0.1) is 0 Å². The van der Waals surface area contributed by atoms with Crippen molar-refractivity contribution in [1.29, 1.82) is 0 Å². The van der Waals surface area contributed by atoms with Crippen LogP contribution in [0, 0.1) is 13.8 Å². The predicted molar refractivity (Wildman–Crippen MR) is 132 cm³/mol. The first-order valence-electron chi connectivity index (χ1n) is 10.8. The molecule has 0 saturated carbocycles. The first-order valence-corrected chi connectivity index (χ1v) is 10.8. The third-order valence-electron chi connectivity index (χ3n) is 5.88. The fourth-order valence-corrected chi connectivity index (χ4v) is 4.05. The molecule has 1 aromatic heterocycles. The minimum atomic E-state index is -0.0460. The fraction of sp³-hybridized carbons (Fsp3) is 0.214. The number of aryl methyl sites for hydroxylation is 2. The summed E-state index contributed by atoms with van der Waals surface area (Å²) in [5.41, 5.74) is 6.48. The molecule has 168 valence electrons. The maximum absolute atomic E-state index is 13.6. The van der Waals surface area contributed by atoms with Crippen molar-refractivity contribution in [3.63, 3.8) is 0 Å². The molecule has 0 atom stereocenters. The van der Waals surface area contributed by atoms with Gasteiger partial charge < -0.3 is 14.4 Å². The van der Waals surface area contributed by atoms with Gasteiger partial charge in [-0.2, -0.15) is 0 Å². The van der Waals surface area contributed by atoms with Crippen molar-refractivity contribution in [2.45, 2.75) is 20.4 Å². The average molecular weight is 441 g/mol. The number of nitrogens with zero attached hydrogens (tertiary/aromatic N) is 2. The summed E-state index contributed by atoms with van der Waals surface area (Å²) >= 11 is 0. The Morgan fingerprint density at radius 3 is 2.39 bits per heavy atom. The van der Waals surface area contributed by atoms with Crippen LogP contribution in [0.1, 0.15) is 27.0 Å². The lowest BCUT2D eigenvalue weighted by molar-refractivity contribution is 0.0787. The molecule has 0 bridgehead atoms. The highest BCUT2D eigenvalue weighted by Gasteiger charge is 2.19. The van der Waals surface area contributed by atoms with Crippen molar-refractivity contribution < 1.29 is 14.3 Å². The average Bonchev–Trinajstić information content (AvgIpc) is 2.84. The Morgan fingerprint density at radius 2 is 1.67 bits per heavy atom. The van der Waals surface area contributed by atoms with Crippen molar-refractivity contribution in [3.05, 3.63) is 89.0 Å². The molecular weight excluding hydrogens is 412 g/mol. The monoisotopic (exact) mass is 440 g/mol. The summed E-state index contributed by atoms with van der Waals surface area (Å²) in [6.07, 6.45) is 0. The summed E-state index contributed by atoms with van der Waals surface area (Å²) in [5.74, 6) is 1.21. The Morgan fingerprint density at radius 1 is 0.909 bits per heavy atom. The summed E-state index contributed by atoms with van der Waals surface area (Å²) in [5, 5.41) is 0.833. The van der Waals surface area contributed by atoms with Gasteiger partial charge in [-0.1, -0.05) is 42.0 Å². The van der Waals surface area contributed by atoms with Gasteiger partial charge in [0.05, 0.1) is 31.0 Å². The van der Waals surface area contributed by atoms with Crippen LogP contribution in [0.15, 0.2) is 66.7 Å². The number of amides is 1. The van der Waals surface area contributed by atoms with E-state index in [1.54, 1.807) is 19.1 Å². The number of carbonyl (C=O) groups excluding carboxylic acids is 1. The van der Waals surface area contributed by atoms with Gasteiger partial charge >= 0.3 is 0 Å². The summed E-state index contributed by atoms with van der Waals surface area (Å²) in [4.78, 5) is 20.2. The molecule has 1 amide bonds. The number of rotatable bonds is 6. The zero-order valence-corrected chi connectivity index (χ0v) is 19.7. The van der Waals surface area contributed by atoms with E-state index < -0.39 is 0 Å². The van der Waals surface area contributed by atoms with E-state index >= 15 is 0 Å². The Bertz CT molecular complexity index is 1330. The molecule has 0 aliphatic rings. The van der Waals surface area contributed by atoms with E-state index in [0.29, 0.717) is 29.3 Å². The minimum absolute atomic E-state index is 0.0460. The van der Waals surface area contributed by atoms with Crippen LogP contribution in [0.5, 0.6) is 11.5 Å². The van der Waals surface area contributed by atoms with Gasteiger partial charge in [-0.25, -0.2) is 4.98 Å². The lowest BCUT2D eigenvalue weighted by atomic mass is 10.0. The molecule has 0 unspecified atom stereocenters. The Balaban J connectivity index is 1.76. The molecule has 0 radical (unpaired) electrons. The van der Waals surface area contributed by atoms with Crippen LogP contribution in [0.4, 0.5) is 0 Å². The maximum Gasteiger partial charge on any atom is 0.254 e. The molecule has 0 aliphatic heterocycles. The van der Waals surface area contributed by atoms with E-state index in [1.165, 1.54) is 11.1 Å². The van der Waals surface area contributed by atoms with Crippen molar-refractivity contribution >= 4 is 16.8 Å². The Kier molecular flexibility index (Phi) is 6.31. The van der Waals surface area contributed by atoms with E-state index in [2.05, 4.69) is 32.0 Å². The lowest BCUT2D eigenvalue weighted by Crippen LogP contribution is -2.27. The first-order chi connectivity index (χ1) is 15.9. The highest BCUT2D eigenvalue weighted by atomic mass is 16.5. The SMILES string of the molecule is COc1ccc(-c2cc(C(=O)N(C)Cc3ccc(C)cc3C)c3ccccc3n2)cc1OC. The highest BCUT2D eigenvalue weighted by molar-refractivity contribution is 6.07. The quantitative estimate of drug-likeness (QED) is 0.380. The molecule has 33 heavy (non-hydrogen) atoms. The molecule has 1 heterocycles. The molecule has 4 aromatic rings. The fourth-order valence-electron chi connectivity index (χ4n) is 4.05. The third-order valence-corrected chi connectivity index (χ3v) is 5.88. The van der Waals surface area contributed by atoms with Crippen molar-refractivity contribution in [1.82, 2.24) is 9.88 Å². The second-order valence-electron chi connectivity index (χ2n) is 8.23. The van der Waals surface area contributed by atoms with Crippen LogP contribution in [0.25, 0.3) is 22.2 Å². The van der Waals surface area contributed by atoms with Crippen LogP contribution in [0.3, 0.4) is 0 Å². The second kappa shape index (κ2) is 9.33. The minimum Gasteiger partial charge on any atom is -0.493 e. The van der Waals surface area contributed by atoms with Gasteiger partial charge in [-0.3, -0.25) is 4.79 Å². The van der Waals surface area contributed by atoms with Gasteiger partial charge in [0, 0.05) is 24.5 Å². The second-order valence-corrected chi connectivity index (χ2v) is 8.23. The van der Waals surface area contributed by atoms with E-state index in [4.69, 9.17) is 14.5 Å². The van der Waals surface area contributed by atoms with Crippen LogP contribution >= 0.6 is 0 Å². The van der Waals surface area contributed by atoms with Crippen molar-refractivity contribution in [3.8, 4) is 22.8 Å². The molecule has 0 spiro atoms. The zero-order valence-electron chi connectivity index (χ0n) is 19.7. The molecule has 5 nitrogen and oxygen atoms in total.